The first-order valence-electron chi connectivity index (χ1n) is 8.40. The smallest absolute Gasteiger partial charge is 0.422 e. The number of halogens is 4. The van der Waals surface area contributed by atoms with Crippen molar-refractivity contribution in [3.05, 3.63) is 29.7 Å². The Morgan fingerprint density at radius 3 is 2.68 bits per heavy atom. The number of hydrogen-bond donors (Lipinski definition) is 2. The van der Waals surface area contributed by atoms with Crippen LogP contribution in [0.3, 0.4) is 0 Å². The number of nitrogens with one attached hydrogen (secondary N) is 2. The summed E-state index contributed by atoms with van der Waals surface area (Å²) in [6.45, 7) is 0.363. The van der Waals surface area contributed by atoms with Crippen LogP contribution >= 0.6 is 12.4 Å². The van der Waals surface area contributed by atoms with Crippen molar-refractivity contribution in [1.29, 1.82) is 0 Å². The van der Waals surface area contributed by atoms with Crippen LogP contribution in [0, 0.1) is 0 Å². The van der Waals surface area contributed by atoms with E-state index in [1.807, 2.05) is 0 Å². The summed E-state index contributed by atoms with van der Waals surface area (Å²) in [5.41, 5.74) is 0.167. The molecule has 0 unspecified atom stereocenters. The summed E-state index contributed by atoms with van der Waals surface area (Å²) in [5, 5.41) is 10.3. The molecule has 3 rings (SSSR count). The normalized spacial score (nSPS) is 15.0. The molecule has 0 bridgehead atoms. The summed E-state index contributed by atoms with van der Waals surface area (Å²) in [7, 11) is 1.68. The van der Waals surface area contributed by atoms with Crippen molar-refractivity contribution in [2.75, 3.05) is 25.0 Å². The van der Waals surface area contributed by atoms with E-state index in [0.717, 1.165) is 32.1 Å². The number of aromatic nitrogens is 4. The van der Waals surface area contributed by atoms with Crippen LogP contribution in [0.1, 0.15) is 34.9 Å². The first-order chi connectivity index (χ1) is 12.8. The van der Waals surface area contributed by atoms with Crippen molar-refractivity contribution in [1.82, 2.24) is 25.1 Å². The number of carbonyl (C=O) groups excluding carboxylic acids is 1. The lowest BCUT2D eigenvalue weighted by atomic mass is 9.98. The zero-order chi connectivity index (χ0) is 19.4. The van der Waals surface area contributed by atoms with Crippen molar-refractivity contribution in [3.63, 3.8) is 0 Å². The van der Waals surface area contributed by atoms with Gasteiger partial charge in [-0.05, 0) is 32.0 Å². The maximum Gasteiger partial charge on any atom is 0.422 e. The second kappa shape index (κ2) is 9.20. The van der Waals surface area contributed by atoms with Crippen molar-refractivity contribution in [3.8, 4) is 5.88 Å². The van der Waals surface area contributed by atoms with Crippen LogP contribution in [0.15, 0.2) is 18.3 Å². The van der Waals surface area contributed by atoms with Gasteiger partial charge < -0.3 is 10.1 Å². The lowest BCUT2D eigenvalue weighted by Crippen LogP contribution is -2.27. The monoisotopic (exact) mass is 420 g/mol. The molecule has 154 valence electrons. The van der Waals surface area contributed by atoms with E-state index in [4.69, 9.17) is 0 Å². The number of nitrogens with zero attached hydrogens (tertiary/aromatic N) is 4. The Balaban J connectivity index is 0.00000280. The van der Waals surface area contributed by atoms with Gasteiger partial charge in [0.25, 0.3) is 5.91 Å². The number of alkyl halides is 3. The SMILES string of the molecule is Cl.Cn1nc(C2CCNCC2)nc1NC(=O)c1ccc(OCC(F)(F)F)nc1. The molecule has 0 spiro atoms. The number of aryl methyl sites for hydroxylation is 1. The Hall–Kier alpha value is -2.40. The second-order valence-electron chi connectivity index (χ2n) is 6.18. The van der Waals surface area contributed by atoms with E-state index in [0.29, 0.717) is 11.8 Å². The number of carbonyl (C=O) groups is 1. The highest BCUT2D eigenvalue weighted by Crippen LogP contribution is 2.23. The van der Waals surface area contributed by atoms with E-state index in [1.165, 1.54) is 16.8 Å². The van der Waals surface area contributed by atoms with E-state index >= 15 is 0 Å². The van der Waals surface area contributed by atoms with Crippen LogP contribution in [-0.2, 0) is 7.05 Å². The van der Waals surface area contributed by atoms with Crippen LogP contribution in [0.25, 0.3) is 0 Å². The second-order valence-corrected chi connectivity index (χ2v) is 6.18. The summed E-state index contributed by atoms with van der Waals surface area (Å²) in [4.78, 5) is 20.4. The number of pyridine rings is 1. The molecular formula is C16H20ClF3N6O2. The van der Waals surface area contributed by atoms with Gasteiger partial charge in [-0.25, -0.2) is 9.67 Å². The van der Waals surface area contributed by atoms with Crippen LogP contribution in [0.4, 0.5) is 19.1 Å². The molecule has 2 N–H and O–H groups in total. The molecule has 2 aromatic heterocycles. The van der Waals surface area contributed by atoms with Crippen molar-refractivity contribution in [2.45, 2.75) is 24.9 Å². The minimum Gasteiger partial charge on any atom is -0.468 e. The molecule has 3 heterocycles. The Kier molecular flexibility index (Phi) is 7.19. The summed E-state index contributed by atoms with van der Waals surface area (Å²) < 4.78 is 42.4. The molecule has 0 atom stereocenters. The first-order valence-corrected chi connectivity index (χ1v) is 8.40. The van der Waals surface area contributed by atoms with Crippen molar-refractivity contribution >= 4 is 24.3 Å². The quantitative estimate of drug-likeness (QED) is 0.770. The number of ether oxygens (including phenoxy) is 1. The summed E-state index contributed by atoms with van der Waals surface area (Å²) in [6, 6.07) is 2.54. The van der Waals surface area contributed by atoms with Crippen LogP contribution in [-0.4, -0.2) is 51.5 Å². The minimum absolute atomic E-state index is 0. The van der Waals surface area contributed by atoms with Gasteiger partial charge in [0.05, 0.1) is 5.56 Å². The van der Waals surface area contributed by atoms with Gasteiger partial charge in [-0.1, -0.05) is 0 Å². The van der Waals surface area contributed by atoms with E-state index < -0.39 is 18.7 Å². The lowest BCUT2D eigenvalue weighted by molar-refractivity contribution is -0.154. The topological polar surface area (TPSA) is 94.0 Å². The van der Waals surface area contributed by atoms with E-state index in [-0.39, 0.29) is 29.8 Å². The Bertz CT molecular complexity index is 791. The average molecular weight is 421 g/mol. The molecule has 1 aliphatic heterocycles. The molecule has 0 aromatic carbocycles. The van der Waals surface area contributed by atoms with E-state index in [1.54, 1.807) is 7.05 Å². The molecule has 0 radical (unpaired) electrons. The van der Waals surface area contributed by atoms with Gasteiger partial charge in [0.15, 0.2) is 12.4 Å². The van der Waals surface area contributed by atoms with Crippen LogP contribution in [0.5, 0.6) is 5.88 Å². The van der Waals surface area contributed by atoms with Crippen molar-refractivity contribution in [2.24, 2.45) is 7.05 Å². The standard InChI is InChI=1S/C16H19F3N6O2.ClH/c1-25-15(22-13(24-25)10-4-6-20-7-5-10)23-14(26)11-2-3-12(21-8-11)27-9-16(17,18)19;/h2-3,8,10,20H,4-7,9H2,1H3,(H,22,23,24,26);1H. The number of rotatable bonds is 5. The highest BCUT2D eigenvalue weighted by Gasteiger charge is 2.28. The molecule has 28 heavy (non-hydrogen) atoms. The third kappa shape index (κ3) is 5.80. The third-order valence-electron chi connectivity index (χ3n) is 4.09. The van der Waals surface area contributed by atoms with Gasteiger partial charge in [-0.15, -0.1) is 12.4 Å². The van der Waals surface area contributed by atoms with Gasteiger partial charge in [-0.2, -0.15) is 23.3 Å². The molecule has 1 amide bonds. The van der Waals surface area contributed by atoms with E-state index in [2.05, 4.69) is 30.4 Å². The molecule has 1 saturated heterocycles. The summed E-state index contributed by atoms with van der Waals surface area (Å²) >= 11 is 0. The first kappa shape index (κ1) is 21.9. The summed E-state index contributed by atoms with van der Waals surface area (Å²) in [5.74, 6) is 0.525. The minimum atomic E-state index is -4.45. The van der Waals surface area contributed by atoms with Gasteiger partial charge >= 0.3 is 6.18 Å². The third-order valence-corrected chi connectivity index (χ3v) is 4.09. The number of anilines is 1. The maximum absolute atomic E-state index is 12.3. The summed E-state index contributed by atoms with van der Waals surface area (Å²) in [6.07, 6.45) is -1.44. The highest BCUT2D eigenvalue weighted by molar-refractivity contribution is 6.03. The molecule has 0 saturated carbocycles. The fraction of sp³-hybridized carbons (Fsp3) is 0.500. The maximum atomic E-state index is 12.3. The van der Waals surface area contributed by atoms with E-state index in [9.17, 15) is 18.0 Å². The van der Waals surface area contributed by atoms with Gasteiger partial charge in [0.1, 0.15) is 0 Å². The van der Waals surface area contributed by atoms with Crippen LogP contribution < -0.4 is 15.4 Å². The zero-order valence-corrected chi connectivity index (χ0v) is 15.8. The lowest BCUT2D eigenvalue weighted by Gasteiger charge is -2.19. The van der Waals surface area contributed by atoms with Crippen molar-refractivity contribution < 1.29 is 22.7 Å². The van der Waals surface area contributed by atoms with Crippen LogP contribution in [0.2, 0.25) is 0 Å². The highest BCUT2D eigenvalue weighted by atomic mass is 35.5. The van der Waals surface area contributed by atoms with Gasteiger partial charge in [-0.3, -0.25) is 10.1 Å². The average Bonchev–Trinajstić information content (AvgIpc) is 3.01. The molecule has 1 aliphatic rings. The predicted octanol–water partition coefficient (Wildman–Crippen LogP) is 2.29. The largest absolute Gasteiger partial charge is 0.468 e. The molecule has 0 aliphatic carbocycles. The van der Waals surface area contributed by atoms with Gasteiger partial charge in [0.2, 0.25) is 11.8 Å². The number of piperidine rings is 1. The Labute approximate surface area is 165 Å². The molecule has 8 nitrogen and oxygen atoms in total. The number of hydrogen-bond acceptors (Lipinski definition) is 6. The molecular weight excluding hydrogens is 401 g/mol. The zero-order valence-electron chi connectivity index (χ0n) is 15.0. The van der Waals surface area contributed by atoms with Gasteiger partial charge in [0, 0.05) is 25.2 Å². The Morgan fingerprint density at radius 2 is 2.07 bits per heavy atom. The molecule has 2 aromatic rings. The molecule has 1 fully saturated rings. The molecule has 12 heteroatoms. The fourth-order valence-corrected chi connectivity index (χ4v) is 2.70. The fourth-order valence-electron chi connectivity index (χ4n) is 2.70. The Morgan fingerprint density at radius 1 is 1.36 bits per heavy atom. The predicted molar refractivity (Wildman–Crippen MR) is 96.8 cm³/mol. The number of amides is 1.